The van der Waals surface area contributed by atoms with Crippen LogP contribution in [-0.2, 0) is 24.1 Å². The molecule has 1 amide bonds. The molecule has 0 spiro atoms. The molecule has 0 aromatic carbocycles. The van der Waals surface area contributed by atoms with E-state index in [0.29, 0.717) is 16.2 Å². The number of thioether (sulfide) groups is 1. The van der Waals surface area contributed by atoms with Gasteiger partial charge in [-0.2, -0.15) is 0 Å². The number of fused-ring (bicyclic) bond motifs is 3. The van der Waals surface area contributed by atoms with Gasteiger partial charge in [-0.15, -0.1) is 21.5 Å². The average Bonchev–Trinajstić information content (AvgIpc) is 3.24. The van der Waals surface area contributed by atoms with Gasteiger partial charge in [-0.1, -0.05) is 36.9 Å². The summed E-state index contributed by atoms with van der Waals surface area (Å²) < 4.78 is 0. The molecule has 2 atom stereocenters. The Kier molecular flexibility index (Phi) is 5.52. The maximum absolute atomic E-state index is 12.7. The summed E-state index contributed by atoms with van der Waals surface area (Å²) in [6.45, 7) is 6.02. The zero-order chi connectivity index (χ0) is 19.8. The summed E-state index contributed by atoms with van der Waals surface area (Å²) in [5.74, 6) is 0.455. The zero-order valence-corrected chi connectivity index (χ0v) is 18.3. The van der Waals surface area contributed by atoms with Gasteiger partial charge < -0.3 is 4.98 Å². The minimum Gasteiger partial charge on any atom is -0.301 e. The van der Waals surface area contributed by atoms with Gasteiger partial charge in [0.1, 0.15) is 9.84 Å². The van der Waals surface area contributed by atoms with Crippen molar-refractivity contribution in [1.82, 2.24) is 20.2 Å². The lowest BCUT2D eigenvalue weighted by molar-refractivity contribution is -0.115. The monoisotopic (exact) mass is 435 g/mol. The van der Waals surface area contributed by atoms with Gasteiger partial charge in [0, 0.05) is 4.88 Å². The quantitative estimate of drug-likeness (QED) is 0.469. The van der Waals surface area contributed by atoms with E-state index in [-0.39, 0.29) is 11.5 Å². The highest BCUT2D eigenvalue weighted by Crippen LogP contribution is 2.36. The number of anilines is 1. The smallest absolute Gasteiger partial charge is 0.260 e. The molecule has 2 N–H and O–H groups in total. The Balaban J connectivity index is 1.52. The van der Waals surface area contributed by atoms with Crippen LogP contribution in [0.5, 0.6) is 0 Å². The molecule has 28 heavy (non-hydrogen) atoms. The van der Waals surface area contributed by atoms with Crippen LogP contribution in [0.3, 0.4) is 0 Å². The number of carbonyl (C=O) groups is 1. The Morgan fingerprint density at radius 1 is 1.39 bits per heavy atom. The van der Waals surface area contributed by atoms with Gasteiger partial charge >= 0.3 is 0 Å². The number of thiophene rings is 1. The van der Waals surface area contributed by atoms with Crippen molar-refractivity contribution < 1.29 is 4.79 Å². The largest absolute Gasteiger partial charge is 0.301 e. The van der Waals surface area contributed by atoms with Gasteiger partial charge in [0.2, 0.25) is 11.0 Å². The second-order valence-electron chi connectivity index (χ2n) is 7.01. The second-order valence-corrected chi connectivity index (χ2v) is 10.5. The molecular formula is C18H21N5O2S3. The highest BCUT2D eigenvalue weighted by Gasteiger charge is 2.24. The van der Waals surface area contributed by atoms with Crippen LogP contribution in [-0.4, -0.2) is 31.3 Å². The molecule has 7 nitrogen and oxygen atoms in total. The summed E-state index contributed by atoms with van der Waals surface area (Å²) in [6.07, 6.45) is 3.84. The third kappa shape index (κ3) is 3.85. The first-order valence-corrected chi connectivity index (χ1v) is 11.8. The predicted molar refractivity (Wildman–Crippen MR) is 115 cm³/mol. The Hall–Kier alpha value is -1.78. The minimum atomic E-state index is -0.427. The average molecular weight is 436 g/mol. The van der Waals surface area contributed by atoms with Gasteiger partial charge in [-0.25, -0.2) is 4.98 Å². The number of nitrogens with zero attached hydrogens (tertiary/aromatic N) is 3. The van der Waals surface area contributed by atoms with E-state index in [0.717, 1.165) is 46.5 Å². The number of hydrogen-bond donors (Lipinski definition) is 2. The van der Waals surface area contributed by atoms with E-state index in [1.807, 2.05) is 6.92 Å². The molecule has 0 bridgehead atoms. The molecule has 148 valence electrons. The molecule has 3 aromatic rings. The number of carbonyl (C=O) groups excluding carboxylic acids is 1. The molecule has 3 heterocycles. The van der Waals surface area contributed by atoms with Crippen molar-refractivity contribution >= 4 is 55.7 Å². The molecule has 0 saturated carbocycles. The summed E-state index contributed by atoms with van der Waals surface area (Å²) >= 11 is 4.23. The van der Waals surface area contributed by atoms with Crippen LogP contribution in [0.15, 0.2) is 9.95 Å². The normalized spacial score (nSPS) is 17.5. The number of hydrogen-bond acceptors (Lipinski definition) is 8. The zero-order valence-electron chi connectivity index (χ0n) is 15.9. The fraction of sp³-hybridized carbons (Fsp3) is 0.500. The summed E-state index contributed by atoms with van der Waals surface area (Å²) in [5, 5.41) is 12.9. The van der Waals surface area contributed by atoms with Gasteiger partial charge in [0.05, 0.1) is 10.6 Å². The molecule has 0 radical (unpaired) electrons. The van der Waals surface area contributed by atoms with Crippen LogP contribution < -0.4 is 10.9 Å². The van der Waals surface area contributed by atoms with Gasteiger partial charge in [-0.05, 0) is 44.1 Å². The first-order valence-electron chi connectivity index (χ1n) is 9.29. The summed E-state index contributed by atoms with van der Waals surface area (Å²) in [5.41, 5.74) is 1.06. The SMILES string of the molecule is CCc1nnc(NC(=O)C(C)Sc2nc3sc4c(c3c(=O)[nH]2)CCC(C)C4)s1. The number of H-pyrrole nitrogens is 1. The lowest BCUT2D eigenvalue weighted by Crippen LogP contribution is -2.23. The summed E-state index contributed by atoms with van der Waals surface area (Å²) in [4.78, 5) is 34.7. The molecule has 1 aliphatic carbocycles. The van der Waals surface area contributed by atoms with Crippen LogP contribution in [0.1, 0.15) is 42.6 Å². The first-order chi connectivity index (χ1) is 13.4. The van der Waals surface area contributed by atoms with E-state index in [2.05, 4.69) is 32.4 Å². The third-order valence-corrected chi connectivity index (χ3v) is 7.92. The first kappa shape index (κ1) is 19.5. The van der Waals surface area contributed by atoms with Gasteiger partial charge in [0.25, 0.3) is 5.56 Å². The molecule has 0 fully saturated rings. The van der Waals surface area contributed by atoms with Crippen molar-refractivity contribution in [3.8, 4) is 0 Å². The van der Waals surface area contributed by atoms with Gasteiger partial charge in [-0.3, -0.25) is 14.9 Å². The third-order valence-electron chi connectivity index (χ3n) is 4.80. The van der Waals surface area contributed by atoms with Crippen LogP contribution in [0.25, 0.3) is 10.2 Å². The van der Waals surface area contributed by atoms with E-state index in [1.165, 1.54) is 28.0 Å². The van der Waals surface area contributed by atoms with E-state index in [9.17, 15) is 9.59 Å². The van der Waals surface area contributed by atoms with Crippen molar-refractivity contribution in [3.63, 3.8) is 0 Å². The predicted octanol–water partition coefficient (Wildman–Crippen LogP) is 3.64. The molecular weight excluding hydrogens is 414 g/mol. The lowest BCUT2D eigenvalue weighted by atomic mass is 9.89. The van der Waals surface area contributed by atoms with E-state index < -0.39 is 5.25 Å². The van der Waals surface area contributed by atoms with Crippen LogP contribution >= 0.6 is 34.4 Å². The van der Waals surface area contributed by atoms with Crippen LogP contribution in [0.2, 0.25) is 0 Å². The maximum atomic E-state index is 12.7. The second kappa shape index (κ2) is 7.92. The Labute approximate surface area is 174 Å². The molecule has 10 heteroatoms. The highest BCUT2D eigenvalue weighted by atomic mass is 32.2. The van der Waals surface area contributed by atoms with Crippen molar-refractivity contribution in [2.24, 2.45) is 5.92 Å². The summed E-state index contributed by atoms with van der Waals surface area (Å²) in [6, 6.07) is 0. The highest BCUT2D eigenvalue weighted by molar-refractivity contribution is 8.00. The number of aryl methyl sites for hydroxylation is 2. The van der Waals surface area contributed by atoms with E-state index in [1.54, 1.807) is 18.3 Å². The lowest BCUT2D eigenvalue weighted by Gasteiger charge is -2.17. The minimum absolute atomic E-state index is 0.108. The van der Waals surface area contributed by atoms with E-state index in [4.69, 9.17) is 0 Å². The topological polar surface area (TPSA) is 101 Å². The van der Waals surface area contributed by atoms with Gasteiger partial charge in [0.15, 0.2) is 5.16 Å². The molecule has 0 aliphatic heterocycles. The Morgan fingerprint density at radius 2 is 2.21 bits per heavy atom. The summed E-state index contributed by atoms with van der Waals surface area (Å²) in [7, 11) is 0. The fourth-order valence-electron chi connectivity index (χ4n) is 3.26. The number of rotatable bonds is 5. The van der Waals surface area contributed by atoms with E-state index >= 15 is 0 Å². The maximum Gasteiger partial charge on any atom is 0.260 e. The standard InChI is InChI=1S/C18H21N5O2S3/c1-4-12-22-23-18(28-12)19-14(24)9(3)26-17-20-15(25)13-10-6-5-8(2)7-11(10)27-16(13)21-17/h8-9H,4-7H2,1-3H3,(H,19,23,24)(H,20,21,25). The number of aromatic nitrogens is 4. The molecule has 4 rings (SSSR count). The Bertz CT molecular complexity index is 1090. The van der Waals surface area contributed by atoms with Crippen LogP contribution in [0.4, 0.5) is 5.13 Å². The molecule has 1 aliphatic rings. The van der Waals surface area contributed by atoms with Crippen molar-refractivity contribution in [2.75, 3.05) is 5.32 Å². The van der Waals surface area contributed by atoms with Crippen molar-refractivity contribution in [2.45, 2.75) is 56.9 Å². The molecule has 3 aromatic heterocycles. The number of aromatic amines is 1. The van der Waals surface area contributed by atoms with Crippen molar-refractivity contribution in [1.29, 1.82) is 0 Å². The number of nitrogens with one attached hydrogen (secondary N) is 2. The molecule has 0 saturated heterocycles. The number of amides is 1. The van der Waals surface area contributed by atoms with Crippen molar-refractivity contribution in [3.05, 3.63) is 25.8 Å². The molecule has 2 unspecified atom stereocenters. The van der Waals surface area contributed by atoms with Crippen LogP contribution in [0, 0.1) is 5.92 Å². The fourth-order valence-corrected chi connectivity index (χ4v) is 6.18. The Morgan fingerprint density at radius 3 is 2.96 bits per heavy atom.